The van der Waals surface area contributed by atoms with Crippen molar-refractivity contribution in [3.8, 4) is 0 Å². The quantitative estimate of drug-likeness (QED) is 0.304. The highest BCUT2D eigenvalue weighted by Crippen LogP contribution is 2.37. The lowest BCUT2D eigenvalue weighted by molar-refractivity contribution is -0.234. The van der Waals surface area contributed by atoms with Crippen LogP contribution in [0.1, 0.15) is 23.4 Å². The normalized spacial score (nSPS) is 24.3. The summed E-state index contributed by atoms with van der Waals surface area (Å²) >= 11 is 0. The first-order chi connectivity index (χ1) is 17.3. The summed E-state index contributed by atoms with van der Waals surface area (Å²) in [5.74, 6) is -1.31. The summed E-state index contributed by atoms with van der Waals surface area (Å²) in [4.78, 5) is 30.0. The Morgan fingerprint density at radius 3 is 2.06 bits per heavy atom. The van der Waals surface area contributed by atoms with Crippen LogP contribution in [0.25, 0.3) is 0 Å². The number of hydrogen-bond donors (Lipinski definition) is 5. The SMILES string of the molecule is Cc1nccn1CCC(C(=O)NC1O[C@H](C(=O)O)[C@@H](O)[C@H](O)[C@H]1O)(c1ccccc1)c1ccccc1. The molecule has 0 saturated carbocycles. The number of imidazole rings is 1. The minimum Gasteiger partial charge on any atom is -0.479 e. The Morgan fingerprint density at radius 2 is 1.56 bits per heavy atom. The third kappa shape index (κ3) is 4.76. The number of ether oxygens (including phenoxy) is 1. The highest BCUT2D eigenvalue weighted by Gasteiger charge is 2.50. The Bertz CT molecular complexity index is 1150. The second kappa shape index (κ2) is 10.6. The molecular formula is C26H29N3O7. The van der Waals surface area contributed by atoms with Gasteiger partial charge in [0, 0.05) is 18.9 Å². The molecule has 1 amide bonds. The number of aliphatic hydroxyl groups excluding tert-OH is 3. The summed E-state index contributed by atoms with van der Waals surface area (Å²) in [6, 6.07) is 18.2. The minimum atomic E-state index is -1.86. The lowest BCUT2D eigenvalue weighted by Gasteiger charge is -2.41. The fourth-order valence-corrected chi connectivity index (χ4v) is 4.66. The summed E-state index contributed by atoms with van der Waals surface area (Å²) in [6.45, 7) is 2.29. The molecule has 1 aliphatic rings. The third-order valence-corrected chi connectivity index (χ3v) is 6.70. The van der Waals surface area contributed by atoms with Crippen LogP contribution in [-0.4, -0.2) is 72.5 Å². The van der Waals surface area contributed by atoms with Gasteiger partial charge in [0.25, 0.3) is 0 Å². The summed E-state index contributed by atoms with van der Waals surface area (Å²) in [7, 11) is 0. The van der Waals surface area contributed by atoms with Crippen molar-refractivity contribution in [2.24, 2.45) is 0 Å². The number of amides is 1. The maximum Gasteiger partial charge on any atom is 0.335 e. The molecule has 1 fully saturated rings. The fourth-order valence-electron chi connectivity index (χ4n) is 4.66. The van der Waals surface area contributed by atoms with E-state index in [4.69, 9.17) is 4.74 Å². The molecule has 190 valence electrons. The molecule has 0 bridgehead atoms. The van der Waals surface area contributed by atoms with Gasteiger partial charge in [0.05, 0.1) is 0 Å². The smallest absolute Gasteiger partial charge is 0.335 e. The Balaban J connectivity index is 1.76. The number of carboxylic acid groups (broad SMARTS) is 1. The molecule has 5 N–H and O–H groups in total. The molecule has 1 aliphatic heterocycles. The molecule has 3 aromatic rings. The van der Waals surface area contributed by atoms with Gasteiger partial charge in [0.1, 0.15) is 29.6 Å². The first kappa shape index (κ1) is 25.5. The van der Waals surface area contributed by atoms with Crippen LogP contribution in [0.2, 0.25) is 0 Å². The number of aliphatic hydroxyl groups is 3. The van der Waals surface area contributed by atoms with Gasteiger partial charge in [-0.25, -0.2) is 9.78 Å². The van der Waals surface area contributed by atoms with Crippen molar-refractivity contribution < 1.29 is 34.8 Å². The maximum absolute atomic E-state index is 14.2. The van der Waals surface area contributed by atoms with E-state index in [1.165, 1.54) is 0 Å². The van der Waals surface area contributed by atoms with Crippen molar-refractivity contribution >= 4 is 11.9 Å². The molecule has 1 unspecified atom stereocenters. The lowest BCUT2D eigenvalue weighted by atomic mass is 9.71. The van der Waals surface area contributed by atoms with Crippen molar-refractivity contribution in [1.82, 2.24) is 14.9 Å². The Labute approximate surface area is 207 Å². The third-order valence-electron chi connectivity index (χ3n) is 6.70. The van der Waals surface area contributed by atoms with Gasteiger partial charge < -0.3 is 35.0 Å². The largest absolute Gasteiger partial charge is 0.479 e. The highest BCUT2D eigenvalue weighted by molar-refractivity contribution is 5.92. The number of carboxylic acids is 1. The van der Waals surface area contributed by atoms with Crippen LogP contribution in [0.15, 0.2) is 73.1 Å². The molecule has 10 heteroatoms. The first-order valence-corrected chi connectivity index (χ1v) is 11.6. The number of hydrogen-bond acceptors (Lipinski definition) is 7. The van der Waals surface area contributed by atoms with Gasteiger partial charge in [-0.2, -0.15) is 0 Å². The standard InChI is InChI=1S/C26H29N3O7/c1-16-27-13-15-29(16)14-12-26(17-8-4-2-5-9-17,18-10-6-3-7-11-18)25(35)28-23-21(32)19(30)20(31)22(36-23)24(33)34/h2-11,13,15,19-23,30-32H,12,14H2,1H3,(H,28,35)(H,33,34)/t19-,20-,21+,22-,23?/m0/s1. The number of rotatable bonds is 8. The van der Waals surface area contributed by atoms with Crippen molar-refractivity contribution in [2.45, 2.75) is 55.9 Å². The van der Waals surface area contributed by atoms with Gasteiger partial charge in [-0.05, 0) is 24.5 Å². The highest BCUT2D eigenvalue weighted by atomic mass is 16.6. The van der Waals surface area contributed by atoms with E-state index in [-0.39, 0.29) is 0 Å². The number of aliphatic carboxylic acids is 1. The van der Waals surface area contributed by atoms with E-state index in [1.54, 1.807) is 6.20 Å². The van der Waals surface area contributed by atoms with Crippen molar-refractivity contribution in [1.29, 1.82) is 0 Å². The molecule has 0 aliphatic carbocycles. The van der Waals surface area contributed by atoms with Crippen molar-refractivity contribution in [3.63, 3.8) is 0 Å². The van der Waals surface area contributed by atoms with Gasteiger partial charge in [0.2, 0.25) is 5.91 Å². The van der Waals surface area contributed by atoms with E-state index in [0.29, 0.717) is 24.1 Å². The van der Waals surface area contributed by atoms with Crippen LogP contribution in [0, 0.1) is 6.92 Å². The molecule has 1 aromatic heterocycles. The monoisotopic (exact) mass is 495 g/mol. The van der Waals surface area contributed by atoms with Crippen molar-refractivity contribution in [2.75, 3.05) is 0 Å². The number of carbonyl (C=O) groups is 2. The predicted molar refractivity (Wildman–Crippen MR) is 128 cm³/mol. The summed E-state index contributed by atoms with van der Waals surface area (Å²) < 4.78 is 7.26. The molecule has 2 heterocycles. The number of aromatic nitrogens is 2. The molecule has 0 spiro atoms. The van der Waals surface area contributed by atoms with E-state index in [0.717, 1.165) is 5.82 Å². The average Bonchev–Trinajstić information content (AvgIpc) is 3.30. The molecule has 0 radical (unpaired) electrons. The van der Waals surface area contributed by atoms with Crippen LogP contribution in [-0.2, 0) is 26.3 Å². The predicted octanol–water partition coefficient (Wildman–Crippen LogP) is 0.576. The number of aryl methyl sites for hydroxylation is 2. The average molecular weight is 496 g/mol. The first-order valence-electron chi connectivity index (χ1n) is 11.6. The van der Waals surface area contributed by atoms with E-state index < -0.39 is 47.9 Å². The van der Waals surface area contributed by atoms with Crippen LogP contribution in [0.3, 0.4) is 0 Å². The molecule has 36 heavy (non-hydrogen) atoms. The second-order valence-electron chi connectivity index (χ2n) is 8.82. The van der Waals surface area contributed by atoms with Gasteiger partial charge in [-0.15, -0.1) is 0 Å². The second-order valence-corrected chi connectivity index (χ2v) is 8.82. The van der Waals surface area contributed by atoms with Gasteiger partial charge in [-0.1, -0.05) is 60.7 Å². The Kier molecular flexibility index (Phi) is 7.51. The Morgan fingerprint density at radius 1 is 0.972 bits per heavy atom. The van der Waals surface area contributed by atoms with E-state index in [1.807, 2.05) is 78.4 Å². The topological polar surface area (TPSA) is 154 Å². The van der Waals surface area contributed by atoms with Crippen LogP contribution in [0.5, 0.6) is 0 Å². The molecule has 1 saturated heterocycles. The number of nitrogens with zero attached hydrogens (tertiary/aromatic N) is 2. The zero-order valence-corrected chi connectivity index (χ0v) is 19.6. The number of carbonyl (C=O) groups excluding carboxylic acids is 1. The van der Waals surface area contributed by atoms with Gasteiger partial charge >= 0.3 is 5.97 Å². The lowest BCUT2D eigenvalue weighted by Crippen LogP contribution is -2.65. The molecule has 5 atom stereocenters. The minimum absolute atomic E-state index is 0.292. The Hall–Kier alpha value is -3.57. The van der Waals surface area contributed by atoms with Crippen LogP contribution >= 0.6 is 0 Å². The summed E-state index contributed by atoms with van der Waals surface area (Å²) in [5.41, 5.74) is 0.0708. The van der Waals surface area contributed by atoms with Crippen LogP contribution < -0.4 is 5.32 Å². The van der Waals surface area contributed by atoms with Crippen molar-refractivity contribution in [3.05, 3.63) is 90.0 Å². The molecule has 10 nitrogen and oxygen atoms in total. The van der Waals surface area contributed by atoms with Gasteiger partial charge in [-0.3, -0.25) is 4.79 Å². The molecule has 4 rings (SSSR count). The maximum atomic E-state index is 14.2. The van der Waals surface area contributed by atoms with E-state index in [2.05, 4.69) is 10.3 Å². The molecule has 2 aromatic carbocycles. The zero-order chi connectivity index (χ0) is 25.9. The zero-order valence-electron chi connectivity index (χ0n) is 19.6. The van der Waals surface area contributed by atoms with E-state index in [9.17, 15) is 30.0 Å². The summed E-state index contributed by atoms with van der Waals surface area (Å²) in [6.07, 6.45) is -5.06. The van der Waals surface area contributed by atoms with Gasteiger partial charge in [0.15, 0.2) is 12.3 Å². The number of benzene rings is 2. The number of nitrogens with one attached hydrogen (secondary N) is 1. The summed E-state index contributed by atoms with van der Waals surface area (Å²) in [5, 5.41) is 42.8. The van der Waals surface area contributed by atoms with E-state index >= 15 is 0 Å². The fraction of sp³-hybridized carbons (Fsp3) is 0.346. The van der Waals surface area contributed by atoms with Crippen LogP contribution in [0.4, 0.5) is 0 Å². The molecular weight excluding hydrogens is 466 g/mol.